The normalized spacial score (nSPS) is 16.5. The molecule has 1 saturated heterocycles. The average molecular weight is 366 g/mol. The van der Waals surface area contributed by atoms with E-state index in [0.29, 0.717) is 54.0 Å². The van der Waals surface area contributed by atoms with Gasteiger partial charge in [0, 0.05) is 37.3 Å². The van der Waals surface area contributed by atoms with Crippen molar-refractivity contribution in [1.82, 2.24) is 19.1 Å². The van der Waals surface area contributed by atoms with E-state index in [1.807, 2.05) is 32.3 Å². The molecule has 0 radical (unpaired) electrons. The van der Waals surface area contributed by atoms with Crippen molar-refractivity contribution in [2.75, 3.05) is 13.1 Å². The smallest absolute Gasteiger partial charge is 0.264 e. The highest BCUT2D eigenvalue weighted by molar-refractivity contribution is 7.89. The number of hydrogen-bond acceptors (Lipinski definition) is 5. The third-order valence-electron chi connectivity index (χ3n) is 4.90. The van der Waals surface area contributed by atoms with Gasteiger partial charge in [-0.3, -0.25) is 0 Å². The topological polar surface area (TPSA) is 81.2 Å². The van der Waals surface area contributed by atoms with Gasteiger partial charge in [0.05, 0.1) is 0 Å². The molecule has 2 aromatic heterocycles. The molecule has 138 valence electrons. The molecule has 1 aliphatic rings. The van der Waals surface area contributed by atoms with Crippen LogP contribution >= 0.6 is 0 Å². The zero-order chi connectivity index (χ0) is 18.2. The molecule has 0 spiro atoms. The number of aromatic nitrogens is 3. The van der Waals surface area contributed by atoms with E-state index in [9.17, 15) is 8.42 Å². The summed E-state index contributed by atoms with van der Waals surface area (Å²) in [6.45, 7) is 9.45. The Morgan fingerprint density at radius 3 is 2.32 bits per heavy atom. The highest BCUT2D eigenvalue weighted by Crippen LogP contribution is 2.35. The lowest BCUT2D eigenvalue weighted by molar-refractivity contribution is 0.346. The molecule has 1 fully saturated rings. The molecule has 3 heterocycles. The van der Waals surface area contributed by atoms with Gasteiger partial charge in [-0.2, -0.15) is 4.31 Å². The summed E-state index contributed by atoms with van der Waals surface area (Å²) >= 11 is 0. The van der Waals surface area contributed by atoms with Gasteiger partial charge in [-0.15, -0.1) is 10.2 Å². The van der Waals surface area contributed by atoms with E-state index < -0.39 is 10.0 Å². The molecule has 25 heavy (non-hydrogen) atoms. The lowest BCUT2D eigenvalue weighted by Gasteiger charge is -2.26. The van der Waals surface area contributed by atoms with E-state index in [1.54, 1.807) is 4.31 Å². The summed E-state index contributed by atoms with van der Waals surface area (Å²) in [5.74, 6) is 0.940. The molecule has 0 unspecified atom stereocenters. The summed E-state index contributed by atoms with van der Waals surface area (Å²) < 4.78 is 35.8. The van der Waals surface area contributed by atoms with Crippen LogP contribution in [0.2, 0.25) is 0 Å². The number of hydrogen-bond donors (Lipinski definition) is 0. The van der Waals surface area contributed by atoms with Crippen molar-refractivity contribution in [1.29, 1.82) is 0 Å². The zero-order valence-electron chi connectivity index (χ0n) is 15.4. The van der Waals surface area contributed by atoms with Crippen LogP contribution in [-0.2, 0) is 23.0 Å². The molecule has 8 heteroatoms. The first-order valence-electron chi connectivity index (χ1n) is 8.94. The van der Waals surface area contributed by atoms with Crippen molar-refractivity contribution in [3.63, 3.8) is 0 Å². The van der Waals surface area contributed by atoms with Gasteiger partial charge in [0.15, 0.2) is 0 Å². The first kappa shape index (κ1) is 18.1. The standard InChI is InChI=1S/C17H26N4O3S/c1-5-14-18-19-17(24-14)15-12(3)16(13(4)21(15)6-2)25(22,23)20-10-8-7-9-11-20/h5-11H2,1-4H3. The maximum absolute atomic E-state index is 13.2. The van der Waals surface area contributed by atoms with Crippen molar-refractivity contribution < 1.29 is 12.8 Å². The van der Waals surface area contributed by atoms with E-state index in [0.717, 1.165) is 25.0 Å². The molecule has 0 N–H and O–H groups in total. The van der Waals surface area contributed by atoms with Gasteiger partial charge in [-0.1, -0.05) is 13.3 Å². The fraction of sp³-hybridized carbons (Fsp3) is 0.647. The van der Waals surface area contributed by atoms with Crippen LogP contribution in [0.25, 0.3) is 11.6 Å². The van der Waals surface area contributed by atoms with Gasteiger partial charge in [-0.05, 0) is 33.6 Å². The summed E-state index contributed by atoms with van der Waals surface area (Å²) in [6.07, 6.45) is 3.58. The number of piperidine rings is 1. The molecule has 0 aromatic carbocycles. The SMILES string of the molecule is CCc1nnc(-c2c(C)c(S(=O)(=O)N3CCCCC3)c(C)n2CC)o1. The summed E-state index contributed by atoms with van der Waals surface area (Å²) in [6, 6.07) is 0. The predicted molar refractivity (Wildman–Crippen MR) is 94.9 cm³/mol. The lowest BCUT2D eigenvalue weighted by atomic mass is 10.2. The molecule has 0 saturated carbocycles. The van der Waals surface area contributed by atoms with Crippen LogP contribution in [0.15, 0.2) is 9.31 Å². The third kappa shape index (κ3) is 3.01. The van der Waals surface area contributed by atoms with Crippen LogP contribution in [0.3, 0.4) is 0 Å². The van der Waals surface area contributed by atoms with Crippen molar-refractivity contribution in [3.05, 3.63) is 17.1 Å². The Bertz CT molecular complexity index is 861. The van der Waals surface area contributed by atoms with Gasteiger partial charge in [0.2, 0.25) is 15.9 Å². The monoisotopic (exact) mass is 366 g/mol. The number of aryl methyl sites for hydroxylation is 1. The fourth-order valence-electron chi connectivity index (χ4n) is 3.65. The van der Waals surface area contributed by atoms with Crippen molar-refractivity contribution in [2.24, 2.45) is 0 Å². The van der Waals surface area contributed by atoms with E-state index in [1.165, 1.54) is 0 Å². The quantitative estimate of drug-likeness (QED) is 0.813. The third-order valence-corrected chi connectivity index (χ3v) is 7.06. The Labute approximate surface area is 149 Å². The predicted octanol–water partition coefficient (Wildman–Crippen LogP) is 2.91. The van der Waals surface area contributed by atoms with Gasteiger partial charge in [0.1, 0.15) is 10.6 Å². The van der Waals surface area contributed by atoms with E-state index in [-0.39, 0.29) is 0 Å². The molecule has 0 aliphatic carbocycles. The van der Waals surface area contributed by atoms with Crippen LogP contribution in [0, 0.1) is 13.8 Å². The summed E-state index contributed by atoms with van der Waals surface area (Å²) in [5.41, 5.74) is 2.14. The Balaban J connectivity index is 2.15. The van der Waals surface area contributed by atoms with Crippen LogP contribution in [0.5, 0.6) is 0 Å². The fourth-order valence-corrected chi connectivity index (χ4v) is 5.61. The van der Waals surface area contributed by atoms with Crippen molar-refractivity contribution in [3.8, 4) is 11.6 Å². The minimum absolute atomic E-state index is 0.388. The van der Waals surface area contributed by atoms with E-state index in [2.05, 4.69) is 10.2 Å². The minimum Gasteiger partial charge on any atom is -0.419 e. The second-order valence-electron chi connectivity index (χ2n) is 6.45. The summed E-state index contributed by atoms with van der Waals surface area (Å²) in [5, 5.41) is 8.16. The van der Waals surface area contributed by atoms with Crippen molar-refractivity contribution >= 4 is 10.0 Å². The number of rotatable bonds is 5. The van der Waals surface area contributed by atoms with Crippen LogP contribution in [0.4, 0.5) is 0 Å². The lowest BCUT2D eigenvalue weighted by Crippen LogP contribution is -2.36. The van der Waals surface area contributed by atoms with Crippen LogP contribution in [-0.4, -0.2) is 40.6 Å². The molecular weight excluding hydrogens is 340 g/mol. The molecule has 0 atom stereocenters. The van der Waals surface area contributed by atoms with E-state index >= 15 is 0 Å². The summed E-state index contributed by atoms with van der Waals surface area (Å²) in [4.78, 5) is 0.391. The summed E-state index contributed by atoms with van der Waals surface area (Å²) in [7, 11) is -3.52. The van der Waals surface area contributed by atoms with Gasteiger partial charge in [0.25, 0.3) is 5.89 Å². The highest BCUT2D eigenvalue weighted by atomic mass is 32.2. The molecule has 1 aliphatic heterocycles. The second kappa shape index (κ2) is 6.92. The largest absolute Gasteiger partial charge is 0.419 e. The number of nitrogens with zero attached hydrogens (tertiary/aromatic N) is 4. The molecule has 3 rings (SSSR count). The molecular formula is C17H26N4O3S. The molecule has 7 nitrogen and oxygen atoms in total. The molecule has 0 bridgehead atoms. The van der Waals surface area contributed by atoms with E-state index in [4.69, 9.17) is 4.42 Å². The van der Waals surface area contributed by atoms with Crippen LogP contribution < -0.4 is 0 Å². The number of sulfonamides is 1. The van der Waals surface area contributed by atoms with Crippen LogP contribution in [0.1, 0.15) is 50.3 Å². The van der Waals surface area contributed by atoms with Gasteiger partial charge in [-0.25, -0.2) is 8.42 Å². The Morgan fingerprint density at radius 1 is 1.08 bits per heavy atom. The molecule has 2 aromatic rings. The Hall–Kier alpha value is -1.67. The minimum atomic E-state index is -3.52. The van der Waals surface area contributed by atoms with Gasteiger partial charge >= 0.3 is 0 Å². The Kier molecular flexibility index (Phi) is 5.02. The Morgan fingerprint density at radius 2 is 1.76 bits per heavy atom. The first-order chi connectivity index (χ1) is 11.9. The molecule has 0 amide bonds. The second-order valence-corrected chi connectivity index (χ2v) is 8.33. The van der Waals surface area contributed by atoms with Gasteiger partial charge < -0.3 is 8.98 Å². The highest BCUT2D eigenvalue weighted by Gasteiger charge is 2.34. The first-order valence-corrected chi connectivity index (χ1v) is 10.4. The van der Waals surface area contributed by atoms with Crippen molar-refractivity contribution in [2.45, 2.75) is 64.8 Å². The zero-order valence-corrected chi connectivity index (χ0v) is 16.2. The average Bonchev–Trinajstić information content (AvgIpc) is 3.17. The maximum Gasteiger partial charge on any atom is 0.264 e. The maximum atomic E-state index is 13.2.